The topological polar surface area (TPSA) is 69.4 Å². The summed E-state index contributed by atoms with van der Waals surface area (Å²) in [7, 11) is 0. The maximum Gasteiger partial charge on any atom is 0.248 e. The van der Waals surface area contributed by atoms with Crippen molar-refractivity contribution in [1.82, 2.24) is 0 Å². The molecule has 4 heteroatoms. The SMILES string of the molecule is NC(=O)c1ccc(OCC(=O)c2cccc3ccccc23)cc1. The van der Waals surface area contributed by atoms with E-state index in [9.17, 15) is 9.59 Å². The smallest absolute Gasteiger partial charge is 0.248 e. The van der Waals surface area contributed by atoms with Crippen molar-refractivity contribution in [1.29, 1.82) is 0 Å². The van der Waals surface area contributed by atoms with E-state index in [2.05, 4.69) is 0 Å². The lowest BCUT2D eigenvalue weighted by molar-refractivity contribution is 0.0922. The Kier molecular flexibility index (Phi) is 4.06. The van der Waals surface area contributed by atoms with Crippen LogP contribution in [0.2, 0.25) is 0 Å². The largest absolute Gasteiger partial charge is 0.485 e. The van der Waals surface area contributed by atoms with Crippen molar-refractivity contribution in [2.75, 3.05) is 6.61 Å². The van der Waals surface area contributed by atoms with Gasteiger partial charge >= 0.3 is 0 Å². The molecule has 2 N–H and O–H groups in total. The molecule has 0 unspecified atom stereocenters. The number of primary amides is 1. The fraction of sp³-hybridized carbons (Fsp3) is 0.0526. The highest BCUT2D eigenvalue weighted by molar-refractivity contribution is 6.08. The molecule has 3 aromatic rings. The van der Waals surface area contributed by atoms with E-state index < -0.39 is 5.91 Å². The number of ketones is 1. The minimum atomic E-state index is -0.497. The van der Waals surface area contributed by atoms with Gasteiger partial charge in [0.25, 0.3) is 0 Å². The van der Waals surface area contributed by atoms with Gasteiger partial charge in [-0.25, -0.2) is 0 Å². The van der Waals surface area contributed by atoms with Gasteiger partial charge in [-0.2, -0.15) is 0 Å². The van der Waals surface area contributed by atoms with Gasteiger partial charge in [-0.3, -0.25) is 9.59 Å². The summed E-state index contributed by atoms with van der Waals surface area (Å²) in [4.78, 5) is 23.4. The van der Waals surface area contributed by atoms with Crippen molar-refractivity contribution in [3.05, 3.63) is 77.9 Å². The average molecular weight is 305 g/mol. The molecule has 0 saturated heterocycles. The zero-order valence-electron chi connectivity index (χ0n) is 12.4. The van der Waals surface area contributed by atoms with Crippen LogP contribution in [0.3, 0.4) is 0 Å². The third-order valence-corrected chi connectivity index (χ3v) is 3.60. The van der Waals surface area contributed by atoms with Crippen molar-refractivity contribution < 1.29 is 14.3 Å². The Balaban J connectivity index is 1.75. The van der Waals surface area contributed by atoms with Crippen molar-refractivity contribution >= 4 is 22.5 Å². The second-order valence-corrected chi connectivity index (χ2v) is 5.13. The molecule has 0 aliphatic heterocycles. The number of fused-ring (bicyclic) bond motifs is 1. The Morgan fingerprint density at radius 3 is 2.30 bits per heavy atom. The zero-order valence-corrected chi connectivity index (χ0v) is 12.4. The van der Waals surface area contributed by atoms with Crippen LogP contribution in [0.5, 0.6) is 5.75 Å². The third-order valence-electron chi connectivity index (χ3n) is 3.60. The summed E-state index contributed by atoms with van der Waals surface area (Å²) in [5.74, 6) is -0.0762. The van der Waals surface area contributed by atoms with E-state index in [4.69, 9.17) is 10.5 Å². The second kappa shape index (κ2) is 6.32. The van der Waals surface area contributed by atoms with E-state index >= 15 is 0 Å². The molecule has 0 aliphatic carbocycles. The van der Waals surface area contributed by atoms with Gasteiger partial charge in [-0.1, -0.05) is 42.5 Å². The van der Waals surface area contributed by atoms with E-state index in [1.807, 2.05) is 36.4 Å². The van der Waals surface area contributed by atoms with Crippen molar-refractivity contribution in [2.24, 2.45) is 5.73 Å². The van der Waals surface area contributed by atoms with Crippen LogP contribution in [0.25, 0.3) is 10.8 Å². The Morgan fingerprint density at radius 1 is 0.870 bits per heavy atom. The number of hydrogen-bond donors (Lipinski definition) is 1. The molecule has 3 rings (SSSR count). The van der Waals surface area contributed by atoms with Crippen LogP contribution in [0.15, 0.2) is 66.7 Å². The van der Waals surface area contributed by atoms with Gasteiger partial charge in [-0.05, 0) is 35.0 Å². The van der Waals surface area contributed by atoms with E-state index in [-0.39, 0.29) is 12.4 Å². The summed E-state index contributed by atoms with van der Waals surface area (Å²) in [5.41, 5.74) is 6.22. The van der Waals surface area contributed by atoms with Gasteiger partial charge in [0.1, 0.15) is 5.75 Å². The molecular weight excluding hydrogens is 290 g/mol. The second-order valence-electron chi connectivity index (χ2n) is 5.13. The Hall–Kier alpha value is -3.14. The van der Waals surface area contributed by atoms with E-state index in [0.29, 0.717) is 16.9 Å². The maximum atomic E-state index is 12.4. The molecule has 0 saturated carbocycles. The molecule has 0 aromatic heterocycles. The molecule has 0 heterocycles. The number of rotatable bonds is 5. The van der Waals surface area contributed by atoms with Crippen molar-refractivity contribution in [2.45, 2.75) is 0 Å². The fourth-order valence-electron chi connectivity index (χ4n) is 2.41. The van der Waals surface area contributed by atoms with Crippen LogP contribution in [-0.2, 0) is 0 Å². The van der Waals surface area contributed by atoms with Crippen molar-refractivity contribution in [3.63, 3.8) is 0 Å². The molecule has 114 valence electrons. The van der Waals surface area contributed by atoms with E-state index in [1.165, 1.54) is 0 Å². The van der Waals surface area contributed by atoms with Crippen molar-refractivity contribution in [3.8, 4) is 5.75 Å². The predicted molar refractivity (Wildman–Crippen MR) is 88.7 cm³/mol. The van der Waals surface area contributed by atoms with Crippen LogP contribution < -0.4 is 10.5 Å². The molecular formula is C19H15NO3. The number of carbonyl (C=O) groups is 2. The summed E-state index contributed by atoms with van der Waals surface area (Å²) >= 11 is 0. The van der Waals surface area contributed by atoms with Gasteiger partial charge < -0.3 is 10.5 Å². The van der Waals surface area contributed by atoms with E-state index in [0.717, 1.165) is 10.8 Å². The molecule has 23 heavy (non-hydrogen) atoms. The minimum absolute atomic E-state index is 0.0655. The zero-order chi connectivity index (χ0) is 16.2. The normalized spacial score (nSPS) is 10.4. The Labute approximate surface area is 133 Å². The summed E-state index contributed by atoms with van der Waals surface area (Å²) in [6.45, 7) is -0.0655. The molecule has 0 atom stereocenters. The number of benzene rings is 3. The maximum absolute atomic E-state index is 12.4. The third kappa shape index (κ3) is 3.21. The Morgan fingerprint density at radius 2 is 1.57 bits per heavy atom. The first kappa shape index (κ1) is 14.8. The average Bonchev–Trinajstić information content (AvgIpc) is 2.59. The highest BCUT2D eigenvalue weighted by Gasteiger charge is 2.10. The molecule has 0 fully saturated rings. The summed E-state index contributed by atoms with van der Waals surface area (Å²) < 4.78 is 5.50. The lowest BCUT2D eigenvalue weighted by Crippen LogP contribution is -2.13. The number of hydrogen-bond acceptors (Lipinski definition) is 3. The van der Waals surface area contributed by atoms with Gasteiger partial charge in [0.05, 0.1) is 0 Å². The first-order chi connectivity index (χ1) is 11.1. The van der Waals surface area contributed by atoms with Crippen LogP contribution >= 0.6 is 0 Å². The van der Waals surface area contributed by atoms with Gasteiger partial charge in [-0.15, -0.1) is 0 Å². The minimum Gasteiger partial charge on any atom is -0.485 e. The monoisotopic (exact) mass is 305 g/mol. The van der Waals surface area contributed by atoms with Crippen LogP contribution in [0.4, 0.5) is 0 Å². The van der Waals surface area contributed by atoms with Gasteiger partial charge in [0.15, 0.2) is 6.61 Å². The highest BCUT2D eigenvalue weighted by atomic mass is 16.5. The molecule has 0 aliphatic rings. The first-order valence-corrected chi connectivity index (χ1v) is 7.19. The number of carbonyl (C=O) groups excluding carboxylic acids is 2. The fourth-order valence-corrected chi connectivity index (χ4v) is 2.41. The standard InChI is InChI=1S/C19H15NO3/c20-19(22)14-8-10-15(11-9-14)23-12-18(21)17-7-3-5-13-4-1-2-6-16(13)17/h1-11H,12H2,(H2,20,22). The predicted octanol–water partition coefficient (Wildman–Crippen LogP) is 3.20. The van der Waals surface area contributed by atoms with Gasteiger partial charge in [0.2, 0.25) is 11.7 Å². The number of Topliss-reactive ketones (excluding diaryl/α,β-unsaturated/α-hetero) is 1. The Bertz CT molecular complexity index is 864. The van der Waals surface area contributed by atoms with E-state index in [1.54, 1.807) is 30.3 Å². The molecule has 4 nitrogen and oxygen atoms in total. The molecule has 0 radical (unpaired) electrons. The van der Waals surface area contributed by atoms with Gasteiger partial charge in [0, 0.05) is 11.1 Å². The number of amides is 1. The lowest BCUT2D eigenvalue weighted by atomic mass is 10.0. The van der Waals surface area contributed by atoms with Crippen LogP contribution in [-0.4, -0.2) is 18.3 Å². The molecule has 0 spiro atoms. The molecule has 3 aromatic carbocycles. The summed E-state index contributed by atoms with van der Waals surface area (Å²) in [6, 6.07) is 19.7. The number of nitrogens with two attached hydrogens (primary N) is 1. The summed E-state index contributed by atoms with van der Waals surface area (Å²) in [6.07, 6.45) is 0. The van der Waals surface area contributed by atoms with Crippen LogP contribution in [0, 0.1) is 0 Å². The molecule has 0 bridgehead atoms. The highest BCUT2D eigenvalue weighted by Crippen LogP contribution is 2.19. The van der Waals surface area contributed by atoms with Crippen LogP contribution in [0.1, 0.15) is 20.7 Å². The lowest BCUT2D eigenvalue weighted by Gasteiger charge is -2.08. The summed E-state index contributed by atoms with van der Waals surface area (Å²) in [5, 5.41) is 1.93. The quantitative estimate of drug-likeness (QED) is 0.736. The number of ether oxygens (including phenoxy) is 1. The first-order valence-electron chi connectivity index (χ1n) is 7.19. The molecule has 1 amide bonds.